The maximum atomic E-state index is 13.2. The molecule has 0 spiro atoms. The van der Waals surface area contributed by atoms with Gasteiger partial charge in [-0.2, -0.15) is 0 Å². The third-order valence-corrected chi connectivity index (χ3v) is 5.55. The fraction of sp³-hybridized carbons (Fsp3) is 0.120. The van der Waals surface area contributed by atoms with Gasteiger partial charge in [0.2, 0.25) is 0 Å². The Balaban J connectivity index is 1.55. The monoisotopic (exact) mass is 448 g/mol. The highest BCUT2D eigenvalue weighted by molar-refractivity contribution is 7.80. The molecule has 1 heterocycles. The lowest BCUT2D eigenvalue weighted by Crippen LogP contribution is -2.44. The smallest absolute Gasteiger partial charge is 0.193 e. The number of halogens is 1. The first-order chi connectivity index (χ1) is 15.0. The normalized spacial score (nSPS) is 15.8. The number of carbonyl (C=O) groups is 1. The van der Waals surface area contributed by atoms with Gasteiger partial charge in [-0.05, 0) is 54.5 Å². The molecule has 0 aliphatic carbocycles. The summed E-state index contributed by atoms with van der Waals surface area (Å²) in [6, 6.07) is 24.2. The summed E-state index contributed by atoms with van der Waals surface area (Å²) in [5.41, 5.74) is 4.01. The molecule has 1 aliphatic heterocycles. The Morgan fingerprint density at radius 1 is 1.00 bits per heavy atom. The van der Waals surface area contributed by atoms with Crippen molar-refractivity contribution in [3.05, 3.63) is 112 Å². The van der Waals surface area contributed by atoms with Crippen LogP contribution in [0, 0.1) is 0 Å². The lowest BCUT2D eigenvalue weighted by Gasteiger charge is -2.30. The molecule has 31 heavy (non-hydrogen) atoms. The van der Waals surface area contributed by atoms with Crippen molar-refractivity contribution in [2.24, 2.45) is 0 Å². The zero-order valence-corrected chi connectivity index (χ0v) is 18.5. The van der Waals surface area contributed by atoms with Crippen molar-refractivity contribution in [2.75, 3.05) is 0 Å². The van der Waals surface area contributed by atoms with Gasteiger partial charge < -0.3 is 15.4 Å². The molecule has 2 N–H and O–H groups in total. The van der Waals surface area contributed by atoms with Gasteiger partial charge in [0.05, 0.1) is 6.04 Å². The zero-order valence-electron chi connectivity index (χ0n) is 16.9. The molecule has 0 aromatic heterocycles. The van der Waals surface area contributed by atoms with Crippen LogP contribution in [0.1, 0.15) is 34.5 Å². The first-order valence-electron chi connectivity index (χ1n) is 9.86. The van der Waals surface area contributed by atoms with Crippen molar-refractivity contribution in [2.45, 2.75) is 19.6 Å². The Morgan fingerprint density at radius 2 is 1.68 bits per heavy atom. The van der Waals surface area contributed by atoms with E-state index in [2.05, 4.69) is 10.6 Å². The van der Waals surface area contributed by atoms with E-state index in [9.17, 15) is 4.79 Å². The van der Waals surface area contributed by atoms with Crippen molar-refractivity contribution in [1.82, 2.24) is 10.6 Å². The lowest BCUT2D eigenvalue weighted by molar-refractivity contribution is 0.102. The number of carbonyl (C=O) groups excluding carboxylic acids is 1. The topological polar surface area (TPSA) is 50.4 Å². The van der Waals surface area contributed by atoms with E-state index in [0.29, 0.717) is 27.9 Å². The van der Waals surface area contributed by atoms with Crippen molar-refractivity contribution in [3.8, 4) is 5.75 Å². The first kappa shape index (κ1) is 21.1. The second-order valence-electron chi connectivity index (χ2n) is 7.25. The number of ketones is 1. The molecular formula is C25H21ClN2O2S. The molecule has 1 unspecified atom stereocenters. The van der Waals surface area contributed by atoms with E-state index in [1.165, 1.54) is 0 Å². The Kier molecular flexibility index (Phi) is 6.35. The summed E-state index contributed by atoms with van der Waals surface area (Å²) in [7, 11) is 0. The fourth-order valence-electron chi connectivity index (χ4n) is 3.49. The average molecular weight is 449 g/mol. The summed E-state index contributed by atoms with van der Waals surface area (Å²) in [5.74, 6) is 0.709. The number of ether oxygens (including phenoxy) is 1. The predicted octanol–water partition coefficient (Wildman–Crippen LogP) is 5.59. The number of nitrogens with one attached hydrogen (secondary N) is 2. The molecule has 0 radical (unpaired) electrons. The maximum absolute atomic E-state index is 13.2. The molecule has 1 atom stereocenters. The van der Waals surface area contributed by atoms with Gasteiger partial charge in [-0.15, -0.1) is 0 Å². The predicted molar refractivity (Wildman–Crippen MR) is 127 cm³/mol. The molecule has 3 aromatic carbocycles. The van der Waals surface area contributed by atoms with Gasteiger partial charge in [0.25, 0.3) is 0 Å². The second-order valence-corrected chi connectivity index (χ2v) is 8.09. The van der Waals surface area contributed by atoms with Crippen molar-refractivity contribution in [3.63, 3.8) is 0 Å². The quantitative estimate of drug-likeness (QED) is 0.380. The third-order valence-electron chi connectivity index (χ3n) is 5.08. The average Bonchev–Trinajstić information content (AvgIpc) is 2.79. The summed E-state index contributed by atoms with van der Waals surface area (Å²) in [6.07, 6.45) is 0. The Morgan fingerprint density at radius 3 is 2.35 bits per heavy atom. The number of allylic oxidation sites excluding steroid dienone is 1. The van der Waals surface area contributed by atoms with Crippen molar-refractivity contribution in [1.29, 1.82) is 0 Å². The number of Topliss-reactive ketones (excluding diaryl/α,β-unsaturated/α-hetero) is 1. The van der Waals surface area contributed by atoms with E-state index < -0.39 is 0 Å². The van der Waals surface area contributed by atoms with Gasteiger partial charge in [-0.25, -0.2) is 0 Å². The van der Waals surface area contributed by atoms with Crippen LogP contribution in [-0.2, 0) is 6.61 Å². The molecule has 6 heteroatoms. The standard InChI is InChI=1S/C25H21ClN2O2S/c1-16-22(24(29)19-5-3-2-4-6-19)23(28-25(31)27-16)18-9-13-21(14-10-18)30-15-17-7-11-20(26)12-8-17/h2-14,23H,15H2,1H3,(H2,27,28,31). The SMILES string of the molecule is CC1=C(C(=O)c2ccccc2)C(c2ccc(OCc3ccc(Cl)cc3)cc2)NC(=S)N1. The Hall–Kier alpha value is -3.15. The van der Waals surface area contributed by atoms with E-state index in [4.69, 9.17) is 28.6 Å². The highest BCUT2D eigenvalue weighted by Gasteiger charge is 2.30. The molecule has 0 fully saturated rings. The van der Waals surface area contributed by atoms with Crippen LogP contribution in [0.5, 0.6) is 5.75 Å². The van der Waals surface area contributed by atoms with Crippen LogP contribution in [0.15, 0.2) is 90.1 Å². The Bertz CT molecular complexity index is 1130. The molecule has 4 rings (SSSR count). The van der Waals surface area contributed by atoms with Crippen LogP contribution >= 0.6 is 23.8 Å². The summed E-state index contributed by atoms with van der Waals surface area (Å²) in [5, 5.41) is 7.51. The number of thiocarbonyl (C=S) groups is 1. The van der Waals surface area contributed by atoms with E-state index in [0.717, 1.165) is 22.6 Å². The van der Waals surface area contributed by atoms with Crippen LogP contribution in [0.2, 0.25) is 5.02 Å². The number of rotatable bonds is 6. The number of hydrogen-bond acceptors (Lipinski definition) is 3. The molecule has 1 aliphatic rings. The largest absolute Gasteiger partial charge is 0.489 e. The minimum absolute atomic E-state index is 0.0336. The molecule has 3 aromatic rings. The fourth-order valence-corrected chi connectivity index (χ4v) is 3.89. The molecule has 156 valence electrons. The van der Waals surface area contributed by atoms with Crippen molar-refractivity contribution < 1.29 is 9.53 Å². The highest BCUT2D eigenvalue weighted by Crippen LogP contribution is 2.30. The van der Waals surface area contributed by atoms with E-state index >= 15 is 0 Å². The second kappa shape index (κ2) is 9.33. The molecule has 0 saturated heterocycles. The third kappa shape index (κ3) is 4.95. The number of benzene rings is 3. The zero-order chi connectivity index (χ0) is 21.8. The lowest BCUT2D eigenvalue weighted by atomic mass is 9.90. The summed E-state index contributed by atoms with van der Waals surface area (Å²) < 4.78 is 5.88. The summed E-state index contributed by atoms with van der Waals surface area (Å²) in [4.78, 5) is 13.2. The van der Waals surface area contributed by atoms with Gasteiger partial charge in [0, 0.05) is 21.9 Å². The van der Waals surface area contributed by atoms with Gasteiger partial charge in [-0.3, -0.25) is 4.79 Å². The molecule has 0 amide bonds. The van der Waals surface area contributed by atoms with Crippen LogP contribution in [0.3, 0.4) is 0 Å². The number of hydrogen-bond donors (Lipinski definition) is 2. The first-order valence-corrected chi connectivity index (χ1v) is 10.6. The van der Waals surface area contributed by atoms with Gasteiger partial charge >= 0.3 is 0 Å². The molecular weight excluding hydrogens is 428 g/mol. The van der Waals surface area contributed by atoms with E-state index in [1.807, 2.05) is 85.8 Å². The van der Waals surface area contributed by atoms with Crippen LogP contribution in [0.4, 0.5) is 0 Å². The summed E-state index contributed by atoms with van der Waals surface area (Å²) in [6.45, 7) is 2.32. The van der Waals surface area contributed by atoms with Gasteiger partial charge in [0.1, 0.15) is 12.4 Å². The maximum Gasteiger partial charge on any atom is 0.193 e. The highest BCUT2D eigenvalue weighted by atomic mass is 35.5. The van der Waals surface area contributed by atoms with Crippen LogP contribution in [0.25, 0.3) is 0 Å². The summed E-state index contributed by atoms with van der Waals surface area (Å²) >= 11 is 11.3. The van der Waals surface area contributed by atoms with Crippen molar-refractivity contribution >= 4 is 34.7 Å². The molecule has 0 saturated carbocycles. The Labute approximate surface area is 191 Å². The minimum Gasteiger partial charge on any atom is -0.489 e. The molecule has 0 bridgehead atoms. The van der Waals surface area contributed by atoms with Crippen LogP contribution < -0.4 is 15.4 Å². The molecule has 4 nitrogen and oxygen atoms in total. The minimum atomic E-state index is -0.341. The van der Waals surface area contributed by atoms with Gasteiger partial charge in [0.15, 0.2) is 10.9 Å². The van der Waals surface area contributed by atoms with Crippen LogP contribution in [-0.4, -0.2) is 10.9 Å². The van der Waals surface area contributed by atoms with E-state index in [-0.39, 0.29) is 11.8 Å². The van der Waals surface area contributed by atoms with Gasteiger partial charge in [-0.1, -0.05) is 66.2 Å². The van der Waals surface area contributed by atoms with E-state index in [1.54, 1.807) is 0 Å².